The van der Waals surface area contributed by atoms with Gasteiger partial charge in [-0.2, -0.15) is 10.1 Å². The van der Waals surface area contributed by atoms with Gasteiger partial charge in [-0.3, -0.25) is 0 Å². The van der Waals surface area contributed by atoms with Crippen LogP contribution in [0.1, 0.15) is 17.4 Å². The highest BCUT2D eigenvalue weighted by atomic mass is 16.5. The van der Waals surface area contributed by atoms with Gasteiger partial charge in [0.25, 0.3) is 0 Å². The van der Waals surface area contributed by atoms with Crippen LogP contribution < -0.4 is 19.5 Å². The van der Waals surface area contributed by atoms with Crippen LogP contribution in [0.4, 0.5) is 5.95 Å². The summed E-state index contributed by atoms with van der Waals surface area (Å²) in [6, 6.07) is 3.03. The summed E-state index contributed by atoms with van der Waals surface area (Å²) < 4.78 is 17.7. The second kappa shape index (κ2) is 6.34. The molecule has 2 aromatic rings. The number of rotatable bonds is 5. The van der Waals surface area contributed by atoms with Gasteiger partial charge in [0.2, 0.25) is 11.7 Å². The van der Waals surface area contributed by atoms with E-state index in [-0.39, 0.29) is 5.70 Å². The number of aryl methyl sites for hydroxylation is 1. The quantitative estimate of drug-likeness (QED) is 0.840. The Labute approximate surface area is 143 Å². The molecule has 0 radical (unpaired) electrons. The number of aliphatic carboxylic acids is 1. The molecule has 0 saturated heterocycles. The molecular formula is C16H18N4O5. The van der Waals surface area contributed by atoms with Crippen molar-refractivity contribution in [2.75, 3.05) is 26.6 Å². The van der Waals surface area contributed by atoms with Gasteiger partial charge in [0.1, 0.15) is 17.6 Å². The number of hydrogen-bond acceptors (Lipinski definition) is 7. The van der Waals surface area contributed by atoms with Crippen molar-refractivity contribution in [3.05, 3.63) is 35.3 Å². The highest BCUT2D eigenvalue weighted by Crippen LogP contribution is 2.41. The van der Waals surface area contributed by atoms with E-state index in [2.05, 4.69) is 15.4 Å². The minimum absolute atomic E-state index is 0.0265. The zero-order valence-corrected chi connectivity index (χ0v) is 14.2. The van der Waals surface area contributed by atoms with Crippen molar-refractivity contribution in [1.29, 1.82) is 0 Å². The van der Waals surface area contributed by atoms with Gasteiger partial charge in [-0.15, -0.1) is 0 Å². The number of fused-ring (bicyclic) bond motifs is 1. The molecular weight excluding hydrogens is 328 g/mol. The van der Waals surface area contributed by atoms with Gasteiger partial charge in [0.05, 0.1) is 21.3 Å². The molecule has 1 aliphatic heterocycles. The molecule has 0 saturated carbocycles. The van der Waals surface area contributed by atoms with E-state index in [0.29, 0.717) is 29.0 Å². The summed E-state index contributed by atoms with van der Waals surface area (Å²) in [6.45, 7) is 1.74. The van der Waals surface area contributed by atoms with Gasteiger partial charge in [-0.25, -0.2) is 9.48 Å². The Hall–Kier alpha value is -3.23. The first-order valence-electron chi connectivity index (χ1n) is 7.43. The number of benzene rings is 1. The van der Waals surface area contributed by atoms with Crippen LogP contribution in [0.15, 0.2) is 23.9 Å². The normalized spacial score (nSPS) is 15.7. The van der Waals surface area contributed by atoms with E-state index in [1.54, 1.807) is 29.8 Å². The van der Waals surface area contributed by atoms with Crippen LogP contribution in [0.5, 0.6) is 17.2 Å². The fourth-order valence-corrected chi connectivity index (χ4v) is 2.73. The fourth-order valence-electron chi connectivity index (χ4n) is 2.73. The predicted octanol–water partition coefficient (Wildman–Crippen LogP) is 1.60. The van der Waals surface area contributed by atoms with Crippen molar-refractivity contribution in [2.45, 2.75) is 13.0 Å². The number of nitrogens with one attached hydrogen (secondary N) is 1. The van der Waals surface area contributed by atoms with Gasteiger partial charge in [-0.05, 0) is 30.7 Å². The van der Waals surface area contributed by atoms with Gasteiger partial charge in [0, 0.05) is 0 Å². The molecule has 25 heavy (non-hydrogen) atoms. The topological polar surface area (TPSA) is 108 Å². The average molecular weight is 346 g/mol. The minimum atomic E-state index is -1.08. The van der Waals surface area contributed by atoms with Gasteiger partial charge in [-0.1, -0.05) is 0 Å². The second-order valence-electron chi connectivity index (χ2n) is 5.34. The van der Waals surface area contributed by atoms with E-state index in [1.165, 1.54) is 21.3 Å². The van der Waals surface area contributed by atoms with Crippen molar-refractivity contribution in [3.8, 4) is 17.2 Å². The summed E-state index contributed by atoms with van der Waals surface area (Å²) in [5, 5.41) is 16.5. The lowest BCUT2D eigenvalue weighted by atomic mass is 10.0. The van der Waals surface area contributed by atoms with Crippen molar-refractivity contribution in [1.82, 2.24) is 14.8 Å². The first-order valence-corrected chi connectivity index (χ1v) is 7.43. The lowest BCUT2D eigenvalue weighted by Crippen LogP contribution is -2.24. The molecule has 1 atom stereocenters. The lowest BCUT2D eigenvalue weighted by molar-refractivity contribution is -0.132. The maximum absolute atomic E-state index is 11.4. The summed E-state index contributed by atoms with van der Waals surface area (Å²) in [7, 11) is 4.56. The molecule has 0 aliphatic carbocycles. The van der Waals surface area contributed by atoms with Crippen LogP contribution >= 0.6 is 0 Å². The second-order valence-corrected chi connectivity index (χ2v) is 5.34. The molecule has 0 spiro atoms. The monoisotopic (exact) mass is 346 g/mol. The Morgan fingerprint density at radius 2 is 1.84 bits per heavy atom. The molecule has 3 rings (SSSR count). The number of hydrogen-bond donors (Lipinski definition) is 2. The molecule has 2 N–H and O–H groups in total. The van der Waals surface area contributed by atoms with Crippen LogP contribution in [0.25, 0.3) is 0 Å². The van der Waals surface area contributed by atoms with Crippen LogP contribution in [-0.2, 0) is 4.79 Å². The Balaban J connectivity index is 2.18. The van der Waals surface area contributed by atoms with Gasteiger partial charge in [0.15, 0.2) is 11.5 Å². The highest BCUT2D eigenvalue weighted by molar-refractivity contribution is 5.90. The predicted molar refractivity (Wildman–Crippen MR) is 88.3 cm³/mol. The molecule has 9 nitrogen and oxygen atoms in total. The summed E-state index contributed by atoms with van der Waals surface area (Å²) in [4.78, 5) is 15.7. The molecule has 1 aliphatic rings. The SMILES string of the molecule is COc1cc([C@H]2C=C(C(=O)O)Nc3nc(C)nn32)cc(OC)c1OC. The smallest absolute Gasteiger partial charge is 0.352 e. The maximum Gasteiger partial charge on any atom is 0.352 e. The third-order valence-electron chi connectivity index (χ3n) is 3.83. The number of allylic oxidation sites excluding steroid dienone is 1. The minimum Gasteiger partial charge on any atom is -0.493 e. The van der Waals surface area contributed by atoms with Crippen molar-refractivity contribution < 1.29 is 24.1 Å². The van der Waals surface area contributed by atoms with E-state index < -0.39 is 12.0 Å². The number of carboxylic acids is 1. The fraction of sp³-hybridized carbons (Fsp3) is 0.312. The number of anilines is 1. The molecule has 0 bridgehead atoms. The number of aromatic nitrogens is 3. The van der Waals surface area contributed by atoms with Gasteiger partial charge < -0.3 is 24.6 Å². The van der Waals surface area contributed by atoms with E-state index >= 15 is 0 Å². The van der Waals surface area contributed by atoms with Crippen molar-refractivity contribution in [3.63, 3.8) is 0 Å². The Morgan fingerprint density at radius 1 is 1.20 bits per heavy atom. The van der Waals surface area contributed by atoms with Crippen molar-refractivity contribution >= 4 is 11.9 Å². The third-order valence-corrected chi connectivity index (χ3v) is 3.83. The standard InChI is InChI=1S/C16H18N4O5/c1-8-17-16-18-10(15(21)22)7-11(20(16)19-8)9-5-12(23-2)14(25-4)13(6-9)24-3/h5-7,11H,1-4H3,(H,21,22)(H,17,18,19)/t11-/m1/s1. The van der Waals surface area contributed by atoms with Crippen LogP contribution in [0, 0.1) is 6.92 Å². The van der Waals surface area contributed by atoms with Crippen molar-refractivity contribution in [2.24, 2.45) is 0 Å². The summed E-state index contributed by atoms with van der Waals surface area (Å²) >= 11 is 0. The largest absolute Gasteiger partial charge is 0.493 e. The molecule has 0 amide bonds. The molecule has 0 fully saturated rings. The summed E-state index contributed by atoms with van der Waals surface area (Å²) in [5.74, 6) is 1.21. The lowest BCUT2D eigenvalue weighted by Gasteiger charge is -2.24. The molecule has 0 unspecified atom stereocenters. The number of carboxylic acid groups (broad SMARTS) is 1. The van der Waals surface area contributed by atoms with E-state index in [1.807, 2.05) is 0 Å². The third kappa shape index (κ3) is 2.84. The molecule has 2 heterocycles. The van der Waals surface area contributed by atoms with Gasteiger partial charge >= 0.3 is 5.97 Å². The van der Waals surface area contributed by atoms with E-state index in [9.17, 15) is 9.90 Å². The van der Waals surface area contributed by atoms with E-state index in [4.69, 9.17) is 14.2 Å². The molecule has 9 heteroatoms. The Bertz CT molecular complexity index is 833. The average Bonchev–Trinajstić information content (AvgIpc) is 2.99. The maximum atomic E-state index is 11.4. The first kappa shape index (κ1) is 16.6. The number of ether oxygens (including phenoxy) is 3. The highest BCUT2D eigenvalue weighted by Gasteiger charge is 2.28. The van der Waals surface area contributed by atoms with Crippen LogP contribution in [-0.4, -0.2) is 47.2 Å². The first-order chi connectivity index (χ1) is 12.0. The zero-order chi connectivity index (χ0) is 18.1. The van der Waals surface area contributed by atoms with Crippen LogP contribution in [0.2, 0.25) is 0 Å². The molecule has 132 valence electrons. The number of carbonyl (C=O) groups is 1. The summed E-state index contributed by atoms with van der Waals surface area (Å²) in [5.41, 5.74) is 0.750. The summed E-state index contributed by atoms with van der Waals surface area (Å²) in [6.07, 6.45) is 1.56. The number of nitrogens with zero attached hydrogens (tertiary/aromatic N) is 3. The molecule has 1 aromatic carbocycles. The number of methoxy groups -OCH3 is 3. The van der Waals surface area contributed by atoms with Crippen LogP contribution in [0.3, 0.4) is 0 Å². The zero-order valence-electron chi connectivity index (χ0n) is 14.2. The van der Waals surface area contributed by atoms with E-state index in [0.717, 1.165) is 5.56 Å². The Morgan fingerprint density at radius 3 is 2.36 bits per heavy atom. The Kier molecular flexibility index (Phi) is 4.22. The molecule has 1 aromatic heterocycles.